The smallest absolute Gasteiger partial charge is 0.251 e. The Labute approximate surface area is 111 Å². The molecule has 0 saturated heterocycles. The molecule has 0 bridgehead atoms. The first-order valence-corrected chi connectivity index (χ1v) is 6.65. The Hall–Kier alpha value is -1.65. The van der Waals surface area contributed by atoms with Gasteiger partial charge in [0.05, 0.1) is 0 Å². The van der Waals surface area contributed by atoms with Crippen molar-refractivity contribution in [2.24, 2.45) is 0 Å². The highest BCUT2D eigenvalue weighted by molar-refractivity contribution is 5.94. The van der Waals surface area contributed by atoms with Gasteiger partial charge in [0, 0.05) is 18.2 Å². The largest absolute Gasteiger partial charge is 0.380 e. The van der Waals surface area contributed by atoms with Crippen molar-refractivity contribution in [2.75, 3.05) is 11.9 Å². The van der Waals surface area contributed by atoms with Crippen LogP contribution in [0.25, 0.3) is 0 Å². The molecular formula is C14H18F2N2O. The van der Waals surface area contributed by atoms with Crippen molar-refractivity contribution in [2.45, 2.75) is 38.6 Å². The number of halogens is 2. The summed E-state index contributed by atoms with van der Waals surface area (Å²) < 4.78 is 27.5. The fourth-order valence-corrected chi connectivity index (χ4v) is 1.94. The summed E-state index contributed by atoms with van der Waals surface area (Å²) in [4.78, 5) is 11.8. The lowest BCUT2D eigenvalue weighted by molar-refractivity contribution is 0.0916. The SMILES string of the molecule is CCCNc1c(F)cc(C(=O)NC2CCC2)cc1F. The molecule has 1 aliphatic carbocycles. The number of carbonyl (C=O) groups is 1. The van der Waals surface area contributed by atoms with E-state index in [9.17, 15) is 13.6 Å². The summed E-state index contributed by atoms with van der Waals surface area (Å²) in [6.07, 6.45) is 3.73. The summed E-state index contributed by atoms with van der Waals surface area (Å²) in [5.41, 5.74) is -0.133. The van der Waals surface area contributed by atoms with Gasteiger partial charge in [-0.05, 0) is 37.8 Å². The normalized spacial score (nSPS) is 14.9. The van der Waals surface area contributed by atoms with E-state index >= 15 is 0 Å². The average molecular weight is 268 g/mol. The predicted octanol–water partition coefficient (Wildman–Crippen LogP) is 3.07. The van der Waals surface area contributed by atoms with Crippen molar-refractivity contribution in [3.63, 3.8) is 0 Å². The van der Waals surface area contributed by atoms with E-state index in [0.717, 1.165) is 37.8 Å². The number of amides is 1. The number of hydrogen-bond acceptors (Lipinski definition) is 2. The van der Waals surface area contributed by atoms with E-state index in [4.69, 9.17) is 0 Å². The van der Waals surface area contributed by atoms with Crippen molar-refractivity contribution >= 4 is 11.6 Å². The molecule has 0 heterocycles. The van der Waals surface area contributed by atoms with Crippen LogP contribution in [0.4, 0.5) is 14.5 Å². The first kappa shape index (κ1) is 13.8. The van der Waals surface area contributed by atoms with Crippen LogP contribution in [0.5, 0.6) is 0 Å². The summed E-state index contributed by atoms with van der Waals surface area (Å²) >= 11 is 0. The van der Waals surface area contributed by atoms with Crippen molar-refractivity contribution in [3.8, 4) is 0 Å². The second-order valence-corrected chi connectivity index (χ2v) is 4.84. The molecule has 0 aromatic heterocycles. The highest BCUT2D eigenvalue weighted by atomic mass is 19.1. The van der Waals surface area contributed by atoms with Gasteiger partial charge in [0.25, 0.3) is 5.91 Å². The molecule has 1 aliphatic rings. The topological polar surface area (TPSA) is 41.1 Å². The van der Waals surface area contributed by atoms with E-state index < -0.39 is 17.5 Å². The Morgan fingerprint density at radius 2 is 1.95 bits per heavy atom. The lowest BCUT2D eigenvalue weighted by Gasteiger charge is -2.26. The van der Waals surface area contributed by atoms with Crippen LogP contribution < -0.4 is 10.6 Å². The zero-order chi connectivity index (χ0) is 13.8. The van der Waals surface area contributed by atoms with E-state index in [1.165, 1.54) is 0 Å². The first-order valence-electron chi connectivity index (χ1n) is 6.65. The highest BCUT2D eigenvalue weighted by Crippen LogP contribution is 2.22. The molecule has 104 valence electrons. The molecule has 5 heteroatoms. The maximum Gasteiger partial charge on any atom is 0.251 e. The number of anilines is 1. The molecule has 19 heavy (non-hydrogen) atoms. The lowest BCUT2D eigenvalue weighted by Crippen LogP contribution is -2.39. The quantitative estimate of drug-likeness (QED) is 0.861. The van der Waals surface area contributed by atoms with Crippen LogP contribution in [0.1, 0.15) is 43.0 Å². The number of benzene rings is 1. The van der Waals surface area contributed by atoms with Crippen LogP contribution >= 0.6 is 0 Å². The van der Waals surface area contributed by atoms with E-state index in [1.807, 2.05) is 6.92 Å². The second kappa shape index (κ2) is 5.99. The van der Waals surface area contributed by atoms with Gasteiger partial charge in [-0.15, -0.1) is 0 Å². The van der Waals surface area contributed by atoms with Gasteiger partial charge in [-0.1, -0.05) is 6.92 Å². The average Bonchev–Trinajstić information content (AvgIpc) is 2.32. The van der Waals surface area contributed by atoms with Gasteiger partial charge in [0.15, 0.2) is 0 Å². The van der Waals surface area contributed by atoms with Crippen LogP contribution in [-0.2, 0) is 0 Å². The molecule has 0 spiro atoms. The monoisotopic (exact) mass is 268 g/mol. The summed E-state index contributed by atoms with van der Waals surface area (Å²) in [6.45, 7) is 2.39. The van der Waals surface area contributed by atoms with Crippen LogP contribution in [0.3, 0.4) is 0 Å². The number of rotatable bonds is 5. The Morgan fingerprint density at radius 1 is 1.32 bits per heavy atom. The minimum Gasteiger partial charge on any atom is -0.380 e. The van der Waals surface area contributed by atoms with E-state index in [2.05, 4.69) is 10.6 Å². The minimum atomic E-state index is -0.729. The van der Waals surface area contributed by atoms with Crippen LogP contribution in [0.2, 0.25) is 0 Å². The Morgan fingerprint density at radius 3 is 2.42 bits per heavy atom. The molecule has 3 nitrogen and oxygen atoms in total. The van der Waals surface area contributed by atoms with Crippen LogP contribution in [-0.4, -0.2) is 18.5 Å². The zero-order valence-electron chi connectivity index (χ0n) is 10.9. The molecule has 0 atom stereocenters. The standard InChI is InChI=1S/C14H18F2N2O/c1-2-6-17-13-11(15)7-9(8-12(13)16)14(19)18-10-4-3-5-10/h7-8,10,17H,2-6H2,1H3,(H,18,19). The van der Waals surface area contributed by atoms with Crippen LogP contribution in [0.15, 0.2) is 12.1 Å². The Kier molecular flexibility index (Phi) is 4.35. The maximum atomic E-state index is 13.7. The van der Waals surface area contributed by atoms with E-state index in [1.54, 1.807) is 0 Å². The molecule has 1 fully saturated rings. The maximum absolute atomic E-state index is 13.7. The second-order valence-electron chi connectivity index (χ2n) is 4.84. The van der Waals surface area contributed by atoms with E-state index in [-0.39, 0.29) is 17.3 Å². The molecule has 2 N–H and O–H groups in total. The highest BCUT2D eigenvalue weighted by Gasteiger charge is 2.21. The first-order chi connectivity index (χ1) is 9.11. The number of carbonyl (C=O) groups excluding carboxylic acids is 1. The molecule has 0 unspecified atom stereocenters. The molecule has 0 aliphatic heterocycles. The van der Waals surface area contributed by atoms with Gasteiger partial charge in [0.1, 0.15) is 17.3 Å². The fraction of sp³-hybridized carbons (Fsp3) is 0.500. The van der Waals surface area contributed by atoms with Gasteiger partial charge < -0.3 is 10.6 Å². The summed E-state index contributed by atoms with van der Waals surface area (Å²) in [6, 6.07) is 2.31. The third kappa shape index (κ3) is 3.22. The van der Waals surface area contributed by atoms with E-state index in [0.29, 0.717) is 6.54 Å². The Bertz CT molecular complexity index is 450. The third-order valence-electron chi connectivity index (χ3n) is 3.30. The molecule has 0 radical (unpaired) electrons. The molecule has 1 aromatic rings. The van der Waals surface area contributed by atoms with Gasteiger partial charge in [0.2, 0.25) is 0 Å². The summed E-state index contributed by atoms with van der Waals surface area (Å²) in [7, 11) is 0. The van der Waals surface area contributed by atoms with Crippen molar-refractivity contribution < 1.29 is 13.6 Å². The predicted molar refractivity (Wildman–Crippen MR) is 70.2 cm³/mol. The summed E-state index contributed by atoms with van der Waals surface area (Å²) in [5, 5.41) is 5.44. The zero-order valence-corrected chi connectivity index (χ0v) is 10.9. The van der Waals surface area contributed by atoms with Crippen molar-refractivity contribution in [3.05, 3.63) is 29.3 Å². The van der Waals surface area contributed by atoms with Gasteiger partial charge in [-0.3, -0.25) is 4.79 Å². The molecule has 1 saturated carbocycles. The lowest BCUT2D eigenvalue weighted by atomic mass is 9.93. The van der Waals surface area contributed by atoms with Crippen LogP contribution in [0, 0.1) is 11.6 Å². The van der Waals surface area contributed by atoms with Crippen molar-refractivity contribution in [1.29, 1.82) is 0 Å². The molecule has 1 aromatic carbocycles. The van der Waals surface area contributed by atoms with Gasteiger partial charge in [-0.2, -0.15) is 0 Å². The number of nitrogens with one attached hydrogen (secondary N) is 2. The number of hydrogen-bond donors (Lipinski definition) is 2. The van der Waals surface area contributed by atoms with Crippen molar-refractivity contribution in [1.82, 2.24) is 5.32 Å². The fourth-order valence-electron chi connectivity index (χ4n) is 1.94. The third-order valence-corrected chi connectivity index (χ3v) is 3.30. The molecular weight excluding hydrogens is 250 g/mol. The van der Waals surface area contributed by atoms with Gasteiger partial charge in [-0.25, -0.2) is 8.78 Å². The van der Waals surface area contributed by atoms with Gasteiger partial charge >= 0.3 is 0 Å². The molecule has 2 rings (SSSR count). The summed E-state index contributed by atoms with van der Waals surface area (Å²) in [5.74, 6) is -1.87. The Balaban J connectivity index is 2.11. The minimum absolute atomic E-state index is 0.0314. The molecule has 1 amide bonds.